The summed E-state index contributed by atoms with van der Waals surface area (Å²) in [4.78, 5) is 0. The zero-order valence-corrected chi connectivity index (χ0v) is 7.13. The summed E-state index contributed by atoms with van der Waals surface area (Å²) in [6.45, 7) is 0.830. The van der Waals surface area contributed by atoms with Gasteiger partial charge in [-0.05, 0) is 25.6 Å². The molecule has 1 unspecified atom stereocenters. The Kier molecular flexibility index (Phi) is 3.71. The zero-order valence-electron chi connectivity index (χ0n) is 6.31. The fraction of sp³-hybridized carbons (Fsp3) is 0.750. The lowest BCUT2D eigenvalue weighted by molar-refractivity contribution is 0.890. The third-order valence-corrected chi connectivity index (χ3v) is 2.74. The molecular weight excluding hydrogens is 142 g/mol. The van der Waals surface area contributed by atoms with Crippen molar-refractivity contribution < 1.29 is 0 Å². The van der Waals surface area contributed by atoms with Gasteiger partial charge < -0.3 is 5.32 Å². The SMILES string of the molecule is CNCC#CC1CCCS1. The largest absolute Gasteiger partial charge is 0.309 e. The van der Waals surface area contributed by atoms with Crippen molar-refractivity contribution in [3.63, 3.8) is 0 Å². The first-order valence-electron chi connectivity index (χ1n) is 3.68. The molecule has 0 saturated carbocycles. The van der Waals surface area contributed by atoms with Gasteiger partial charge in [0.2, 0.25) is 0 Å². The first kappa shape index (κ1) is 7.97. The van der Waals surface area contributed by atoms with E-state index in [-0.39, 0.29) is 0 Å². The van der Waals surface area contributed by atoms with E-state index in [0.717, 1.165) is 6.54 Å². The van der Waals surface area contributed by atoms with Crippen LogP contribution in [0.1, 0.15) is 12.8 Å². The number of rotatable bonds is 1. The lowest BCUT2D eigenvalue weighted by Crippen LogP contribution is -2.05. The van der Waals surface area contributed by atoms with Crippen LogP contribution in [0.4, 0.5) is 0 Å². The van der Waals surface area contributed by atoms with Crippen LogP contribution in [0.15, 0.2) is 0 Å². The topological polar surface area (TPSA) is 12.0 Å². The van der Waals surface area contributed by atoms with Gasteiger partial charge >= 0.3 is 0 Å². The molecule has 1 heterocycles. The molecule has 1 nitrogen and oxygen atoms in total. The van der Waals surface area contributed by atoms with E-state index in [9.17, 15) is 0 Å². The molecule has 0 amide bonds. The highest BCUT2D eigenvalue weighted by molar-refractivity contribution is 8.00. The van der Waals surface area contributed by atoms with Gasteiger partial charge in [-0.2, -0.15) is 0 Å². The Bertz CT molecular complexity index is 139. The molecule has 10 heavy (non-hydrogen) atoms. The molecule has 1 saturated heterocycles. The maximum absolute atomic E-state index is 3.23. The Balaban J connectivity index is 2.17. The zero-order chi connectivity index (χ0) is 7.23. The van der Waals surface area contributed by atoms with Crippen molar-refractivity contribution in [3.8, 4) is 11.8 Å². The molecule has 0 aromatic carbocycles. The minimum absolute atomic E-state index is 0.633. The van der Waals surface area contributed by atoms with Crippen LogP contribution in [0.5, 0.6) is 0 Å². The van der Waals surface area contributed by atoms with Crippen molar-refractivity contribution in [1.82, 2.24) is 5.32 Å². The van der Waals surface area contributed by atoms with Crippen LogP contribution < -0.4 is 5.32 Å². The molecule has 2 heteroatoms. The first-order chi connectivity index (χ1) is 4.93. The molecule has 1 fully saturated rings. The average Bonchev–Trinajstić information content (AvgIpc) is 2.41. The molecular formula is C8H13NS. The predicted octanol–water partition coefficient (Wildman–Crippen LogP) is 1.10. The Hall–Kier alpha value is -0.130. The van der Waals surface area contributed by atoms with Gasteiger partial charge in [-0.15, -0.1) is 11.8 Å². The van der Waals surface area contributed by atoms with Crippen LogP contribution in [0.25, 0.3) is 0 Å². The number of hydrogen-bond donors (Lipinski definition) is 1. The van der Waals surface area contributed by atoms with Gasteiger partial charge in [0, 0.05) is 0 Å². The van der Waals surface area contributed by atoms with E-state index in [1.165, 1.54) is 18.6 Å². The molecule has 1 N–H and O–H groups in total. The lowest BCUT2D eigenvalue weighted by atomic mass is 10.2. The average molecular weight is 155 g/mol. The Labute approximate surface area is 67.0 Å². The summed E-state index contributed by atoms with van der Waals surface area (Å²) in [6, 6.07) is 0. The van der Waals surface area contributed by atoms with Crippen molar-refractivity contribution in [1.29, 1.82) is 0 Å². The normalized spacial score (nSPS) is 23.9. The quantitative estimate of drug-likeness (QED) is 0.569. The van der Waals surface area contributed by atoms with Gasteiger partial charge in [0.05, 0.1) is 11.8 Å². The smallest absolute Gasteiger partial charge is 0.0657 e. The van der Waals surface area contributed by atoms with Crippen molar-refractivity contribution in [2.75, 3.05) is 19.3 Å². The summed E-state index contributed by atoms with van der Waals surface area (Å²) in [5, 5.41) is 3.64. The summed E-state index contributed by atoms with van der Waals surface area (Å²) in [6.07, 6.45) is 2.64. The number of nitrogens with one attached hydrogen (secondary N) is 1. The van der Waals surface area contributed by atoms with Crippen molar-refractivity contribution in [3.05, 3.63) is 0 Å². The molecule has 1 aliphatic rings. The van der Waals surface area contributed by atoms with Crippen LogP contribution in [0.3, 0.4) is 0 Å². The third-order valence-electron chi connectivity index (χ3n) is 1.46. The van der Waals surface area contributed by atoms with E-state index >= 15 is 0 Å². The number of hydrogen-bond acceptors (Lipinski definition) is 2. The molecule has 0 spiro atoms. The van der Waals surface area contributed by atoms with E-state index in [1.807, 2.05) is 18.8 Å². The molecule has 0 aromatic rings. The Morgan fingerprint density at radius 1 is 1.70 bits per heavy atom. The fourth-order valence-electron chi connectivity index (χ4n) is 0.945. The van der Waals surface area contributed by atoms with Crippen LogP contribution in [-0.2, 0) is 0 Å². The van der Waals surface area contributed by atoms with Crippen molar-refractivity contribution >= 4 is 11.8 Å². The van der Waals surface area contributed by atoms with Crippen LogP contribution in [-0.4, -0.2) is 24.6 Å². The summed E-state index contributed by atoms with van der Waals surface area (Å²) in [5.74, 6) is 7.63. The maximum atomic E-state index is 3.23. The summed E-state index contributed by atoms with van der Waals surface area (Å²) >= 11 is 1.99. The Morgan fingerprint density at radius 3 is 3.20 bits per heavy atom. The first-order valence-corrected chi connectivity index (χ1v) is 4.73. The second-order valence-corrected chi connectivity index (χ2v) is 3.66. The van der Waals surface area contributed by atoms with Gasteiger partial charge in [0.1, 0.15) is 0 Å². The molecule has 0 radical (unpaired) electrons. The fourth-order valence-corrected chi connectivity index (χ4v) is 2.06. The summed E-state index contributed by atoms with van der Waals surface area (Å²) in [5.41, 5.74) is 0. The van der Waals surface area contributed by atoms with Gasteiger partial charge in [0.25, 0.3) is 0 Å². The predicted molar refractivity (Wildman–Crippen MR) is 47.2 cm³/mol. The highest BCUT2D eigenvalue weighted by Crippen LogP contribution is 2.24. The van der Waals surface area contributed by atoms with E-state index in [2.05, 4.69) is 17.2 Å². The van der Waals surface area contributed by atoms with Crippen molar-refractivity contribution in [2.24, 2.45) is 0 Å². The van der Waals surface area contributed by atoms with E-state index in [4.69, 9.17) is 0 Å². The maximum Gasteiger partial charge on any atom is 0.0657 e. The minimum atomic E-state index is 0.633. The van der Waals surface area contributed by atoms with E-state index in [1.54, 1.807) is 0 Å². The highest BCUT2D eigenvalue weighted by Gasteiger charge is 2.11. The minimum Gasteiger partial charge on any atom is -0.309 e. The van der Waals surface area contributed by atoms with Gasteiger partial charge in [-0.25, -0.2) is 0 Å². The molecule has 1 atom stereocenters. The van der Waals surface area contributed by atoms with E-state index < -0.39 is 0 Å². The second-order valence-electron chi connectivity index (χ2n) is 2.35. The summed E-state index contributed by atoms with van der Waals surface area (Å²) < 4.78 is 0. The van der Waals surface area contributed by atoms with Gasteiger partial charge in [0.15, 0.2) is 0 Å². The second kappa shape index (κ2) is 4.65. The lowest BCUT2D eigenvalue weighted by Gasteiger charge is -1.94. The summed E-state index contributed by atoms with van der Waals surface area (Å²) in [7, 11) is 1.93. The molecule has 0 bridgehead atoms. The monoisotopic (exact) mass is 155 g/mol. The molecule has 1 rings (SSSR count). The van der Waals surface area contributed by atoms with E-state index in [0.29, 0.717) is 5.25 Å². The Morgan fingerprint density at radius 2 is 2.60 bits per heavy atom. The van der Waals surface area contributed by atoms with Crippen molar-refractivity contribution in [2.45, 2.75) is 18.1 Å². The molecule has 0 aliphatic carbocycles. The standard InChI is InChI=1S/C8H13NS/c1-9-6-2-4-8-5-3-7-10-8/h8-9H,3,5-7H2,1H3. The van der Waals surface area contributed by atoms with Crippen LogP contribution in [0, 0.1) is 11.8 Å². The highest BCUT2D eigenvalue weighted by atomic mass is 32.2. The molecule has 1 aliphatic heterocycles. The van der Waals surface area contributed by atoms with Crippen LogP contribution >= 0.6 is 11.8 Å². The van der Waals surface area contributed by atoms with Gasteiger partial charge in [-0.1, -0.05) is 11.8 Å². The van der Waals surface area contributed by atoms with Gasteiger partial charge in [-0.3, -0.25) is 0 Å². The molecule has 0 aromatic heterocycles. The molecule has 56 valence electrons. The third kappa shape index (κ3) is 2.64. The van der Waals surface area contributed by atoms with Crippen LogP contribution in [0.2, 0.25) is 0 Å². The number of thioether (sulfide) groups is 1.